The Morgan fingerprint density at radius 2 is 2.40 bits per heavy atom. The van der Waals surface area contributed by atoms with Crippen LogP contribution >= 0.6 is 0 Å². The van der Waals surface area contributed by atoms with Crippen molar-refractivity contribution in [2.45, 2.75) is 32.9 Å². The van der Waals surface area contributed by atoms with Crippen LogP contribution in [0.25, 0.3) is 0 Å². The molecule has 0 fully saturated rings. The molecule has 0 aliphatic rings. The van der Waals surface area contributed by atoms with E-state index in [4.69, 9.17) is 10.6 Å². The van der Waals surface area contributed by atoms with Gasteiger partial charge in [0, 0.05) is 19.6 Å². The predicted octanol–water partition coefficient (Wildman–Crippen LogP) is -0.291. The number of hydrogen-bond acceptors (Lipinski definition) is 5. The van der Waals surface area contributed by atoms with Crippen molar-refractivity contribution in [1.82, 2.24) is 20.2 Å². The fraction of sp³-hybridized carbons (Fsp3) is 0.778. The number of nitrogens with zero attached hydrogens (tertiary/aromatic N) is 3. The molecule has 1 rings (SSSR count). The van der Waals surface area contributed by atoms with Crippen LogP contribution in [-0.4, -0.2) is 34.0 Å². The first-order valence-corrected chi connectivity index (χ1v) is 5.22. The van der Waals surface area contributed by atoms with Crippen molar-refractivity contribution in [2.75, 3.05) is 13.2 Å². The Kier molecular flexibility index (Phi) is 5.23. The number of nitrogens with two attached hydrogens (primary N) is 1. The van der Waals surface area contributed by atoms with Crippen molar-refractivity contribution >= 4 is 0 Å². The molecule has 0 bridgehead atoms. The third kappa shape index (κ3) is 3.58. The molecule has 0 aliphatic carbocycles. The molecule has 0 aliphatic heterocycles. The maximum Gasteiger partial charge on any atom is 0.138 e. The molecule has 0 saturated carbocycles. The van der Waals surface area contributed by atoms with Gasteiger partial charge in [-0.25, -0.2) is 4.98 Å². The van der Waals surface area contributed by atoms with E-state index in [2.05, 4.69) is 15.5 Å². The minimum absolute atomic E-state index is 0.0828. The van der Waals surface area contributed by atoms with E-state index >= 15 is 0 Å². The highest BCUT2D eigenvalue weighted by Gasteiger charge is 2.11. The first kappa shape index (κ1) is 12.1. The number of ether oxygens (including phenoxy) is 1. The SMILES string of the molecule is CCOCC(Cc1ncnn1CC)NN. The van der Waals surface area contributed by atoms with Gasteiger partial charge in [0.05, 0.1) is 12.6 Å². The van der Waals surface area contributed by atoms with Gasteiger partial charge in [0.2, 0.25) is 0 Å². The first-order chi connectivity index (χ1) is 7.31. The molecule has 1 aromatic rings. The summed E-state index contributed by atoms with van der Waals surface area (Å²) in [5.74, 6) is 6.36. The standard InChI is InChI=1S/C9H19N5O/c1-3-14-9(11-7-12-14)5-8(13-10)6-15-4-2/h7-8,13H,3-6,10H2,1-2H3. The van der Waals surface area contributed by atoms with Crippen LogP contribution in [0.1, 0.15) is 19.7 Å². The molecule has 15 heavy (non-hydrogen) atoms. The third-order valence-electron chi connectivity index (χ3n) is 2.18. The smallest absolute Gasteiger partial charge is 0.138 e. The lowest BCUT2D eigenvalue weighted by molar-refractivity contribution is 0.122. The zero-order chi connectivity index (χ0) is 11.1. The van der Waals surface area contributed by atoms with Gasteiger partial charge in [0.15, 0.2) is 0 Å². The molecule has 1 aromatic heterocycles. The molecule has 1 heterocycles. The van der Waals surface area contributed by atoms with Gasteiger partial charge >= 0.3 is 0 Å². The van der Waals surface area contributed by atoms with Gasteiger partial charge in [0.25, 0.3) is 0 Å². The molecule has 0 saturated heterocycles. The van der Waals surface area contributed by atoms with Gasteiger partial charge in [-0.1, -0.05) is 0 Å². The summed E-state index contributed by atoms with van der Waals surface area (Å²) in [6, 6.07) is 0.0828. The lowest BCUT2D eigenvalue weighted by atomic mass is 10.2. The Hall–Kier alpha value is -0.980. The van der Waals surface area contributed by atoms with Crippen LogP contribution < -0.4 is 11.3 Å². The van der Waals surface area contributed by atoms with Crippen LogP contribution in [0.4, 0.5) is 0 Å². The predicted molar refractivity (Wildman–Crippen MR) is 57.0 cm³/mol. The van der Waals surface area contributed by atoms with Gasteiger partial charge in [-0.2, -0.15) is 5.10 Å². The summed E-state index contributed by atoms with van der Waals surface area (Å²) in [7, 11) is 0. The highest BCUT2D eigenvalue weighted by molar-refractivity contribution is 4.89. The van der Waals surface area contributed by atoms with Crippen LogP contribution in [0.5, 0.6) is 0 Å². The van der Waals surface area contributed by atoms with E-state index in [1.807, 2.05) is 18.5 Å². The molecule has 6 heteroatoms. The quantitative estimate of drug-likeness (QED) is 0.480. The second kappa shape index (κ2) is 6.49. The molecule has 1 unspecified atom stereocenters. The number of rotatable bonds is 7. The summed E-state index contributed by atoms with van der Waals surface area (Å²) < 4.78 is 7.17. The summed E-state index contributed by atoms with van der Waals surface area (Å²) >= 11 is 0. The van der Waals surface area contributed by atoms with Gasteiger partial charge in [0.1, 0.15) is 12.2 Å². The average molecular weight is 213 g/mol. The molecule has 0 aromatic carbocycles. The van der Waals surface area contributed by atoms with E-state index in [-0.39, 0.29) is 6.04 Å². The summed E-state index contributed by atoms with van der Waals surface area (Å²) in [6.07, 6.45) is 2.29. The molecule has 6 nitrogen and oxygen atoms in total. The zero-order valence-electron chi connectivity index (χ0n) is 9.31. The fourth-order valence-corrected chi connectivity index (χ4v) is 1.36. The third-order valence-corrected chi connectivity index (χ3v) is 2.18. The maximum absolute atomic E-state index is 5.43. The molecule has 0 spiro atoms. The lowest BCUT2D eigenvalue weighted by Crippen LogP contribution is -2.41. The van der Waals surface area contributed by atoms with Crippen LogP contribution in [-0.2, 0) is 17.7 Å². The number of hydrazine groups is 1. The topological polar surface area (TPSA) is 78.0 Å². The second-order valence-corrected chi connectivity index (χ2v) is 3.22. The Morgan fingerprint density at radius 3 is 3.00 bits per heavy atom. The number of aromatic nitrogens is 3. The monoisotopic (exact) mass is 213 g/mol. The number of nitrogens with one attached hydrogen (secondary N) is 1. The summed E-state index contributed by atoms with van der Waals surface area (Å²) in [5, 5.41) is 4.10. The summed E-state index contributed by atoms with van der Waals surface area (Å²) in [4.78, 5) is 4.18. The number of aryl methyl sites for hydroxylation is 1. The van der Waals surface area contributed by atoms with Crippen molar-refractivity contribution in [1.29, 1.82) is 0 Å². The minimum Gasteiger partial charge on any atom is -0.380 e. The van der Waals surface area contributed by atoms with Crippen molar-refractivity contribution in [3.63, 3.8) is 0 Å². The Morgan fingerprint density at radius 1 is 1.60 bits per heavy atom. The van der Waals surface area contributed by atoms with E-state index in [1.54, 1.807) is 6.33 Å². The van der Waals surface area contributed by atoms with Crippen LogP contribution in [0, 0.1) is 0 Å². The summed E-state index contributed by atoms with van der Waals surface area (Å²) in [6.45, 7) is 6.09. The Bertz CT molecular complexity index is 275. The molecule has 0 radical (unpaired) electrons. The fourth-order valence-electron chi connectivity index (χ4n) is 1.36. The van der Waals surface area contributed by atoms with E-state index < -0.39 is 0 Å². The highest BCUT2D eigenvalue weighted by atomic mass is 16.5. The van der Waals surface area contributed by atoms with Crippen LogP contribution in [0.15, 0.2) is 6.33 Å². The van der Waals surface area contributed by atoms with E-state index in [0.717, 1.165) is 18.8 Å². The molecular formula is C9H19N5O. The molecule has 86 valence electrons. The largest absolute Gasteiger partial charge is 0.380 e. The zero-order valence-corrected chi connectivity index (χ0v) is 9.31. The van der Waals surface area contributed by atoms with Gasteiger partial charge < -0.3 is 4.74 Å². The minimum atomic E-state index is 0.0828. The van der Waals surface area contributed by atoms with Crippen molar-refractivity contribution in [3.05, 3.63) is 12.2 Å². The van der Waals surface area contributed by atoms with Crippen LogP contribution in [0.2, 0.25) is 0 Å². The molecular weight excluding hydrogens is 194 g/mol. The first-order valence-electron chi connectivity index (χ1n) is 5.22. The van der Waals surface area contributed by atoms with Crippen molar-refractivity contribution in [2.24, 2.45) is 5.84 Å². The lowest BCUT2D eigenvalue weighted by Gasteiger charge is -2.15. The number of hydrogen-bond donors (Lipinski definition) is 2. The molecule has 0 amide bonds. The van der Waals surface area contributed by atoms with E-state index in [9.17, 15) is 0 Å². The highest BCUT2D eigenvalue weighted by Crippen LogP contribution is 1.99. The Balaban J connectivity index is 2.50. The summed E-state index contributed by atoms with van der Waals surface area (Å²) in [5.41, 5.74) is 2.72. The normalized spacial score (nSPS) is 13.0. The van der Waals surface area contributed by atoms with E-state index in [0.29, 0.717) is 13.2 Å². The van der Waals surface area contributed by atoms with Gasteiger partial charge in [-0.05, 0) is 13.8 Å². The van der Waals surface area contributed by atoms with Crippen LogP contribution in [0.3, 0.4) is 0 Å². The van der Waals surface area contributed by atoms with Crippen molar-refractivity contribution < 1.29 is 4.74 Å². The molecule has 1 atom stereocenters. The van der Waals surface area contributed by atoms with Gasteiger partial charge in [-0.15, -0.1) is 0 Å². The van der Waals surface area contributed by atoms with Gasteiger partial charge in [-0.3, -0.25) is 16.0 Å². The van der Waals surface area contributed by atoms with E-state index in [1.165, 1.54) is 0 Å². The average Bonchev–Trinajstić information content (AvgIpc) is 2.71. The maximum atomic E-state index is 5.43. The second-order valence-electron chi connectivity index (χ2n) is 3.22. The molecule has 3 N–H and O–H groups in total. The van der Waals surface area contributed by atoms with Crippen molar-refractivity contribution in [3.8, 4) is 0 Å². The Labute approximate surface area is 89.8 Å².